The third-order valence-corrected chi connectivity index (χ3v) is 0.609. The Balaban J connectivity index is -0.0000000457. The van der Waals surface area contributed by atoms with E-state index in [0.717, 1.165) is 0 Å². The van der Waals surface area contributed by atoms with E-state index in [0.29, 0.717) is 13.0 Å². The smallest absolute Gasteiger partial charge is 0.0414 e. The zero-order valence-corrected chi connectivity index (χ0v) is 10.4. The Morgan fingerprint density at radius 3 is 1.67 bits per heavy atom. The van der Waals surface area contributed by atoms with Gasteiger partial charge in [-0.2, -0.15) is 0 Å². The van der Waals surface area contributed by atoms with Crippen LogP contribution in [0.5, 0.6) is 0 Å². The molecule has 0 aromatic rings. The Bertz CT molecular complexity index is 54.7. The first-order valence-electron chi connectivity index (χ1n) is 3.26. The number of hydrogen-bond donors (Lipinski definition) is 2. The molecule has 4 nitrogen and oxygen atoms in total. The van der Waals surface area contributed by atoms with Crippen LogP contribution in [-0.4, -0.2) is 36.0 Å². The third-order valence-electron chi connectivity index (χ3n) is 0.609. The zero-order chi connectivity index (χ0) is 8.41. The molecule has 1 unspecified atom stereocenters. The van der Waals surface area contributed by atoms with Crippen molar-refractivity contribution >= 4 is 0 Å². The van der Waals surface area contributed by atoms with Crippen LogP contribution in [0, 0.1) is 7.43 Å². The quantitative estimate of drug-likeness (QED) is 0.752. The summed E-state index contributed by atoms with van der Waals surface area (Å²) in [5.74, 6) is 0. The van der Waals surface area contributed by atoms with E-state index >= 15 is 0 Å². The largest absolute Gasteiger partial charge is 0.677 e. The Morgan fingerprint density at radius 1 is 1.33 bits per heavy atom. The molecule has 0 amide bonds. The molecule has 0 aliphatic rings. The summed E-state index contributed by atoms with van der Waals surface area (Å²) < 4.78 is 0. The zero-order valence-electron chi connectivity index (χ0n) is 7.68. The summed E-state index contributed by atoms with van der Waals surface area (Å²) in [5, 5.41) is 15.9. The molecule has 0 aromatic carbocycles. The standard InChI is InChI=1S/2C3H8NO.CH3.Re/c1-3(4)2-5;4-2-1-3-5;;/h3-5H,2H2,1H3;4-5H,1-3H2;1H3;/q3*-1;. The molecule has 0 bridgehead atoms. The summed E-state index contributed by atoms with van der Waals surface area (Å²) in [7, 11) is 0. The first-order chi connectivity index (χ1) is 4.68. The summed E-state index contributed by atoms with van der Waals surface area (Å²) in [6.45, 7) is 2.11. The fraction of sp³-hybridized carbons (Fsp3) is 0.857. The van der Waals surface area contributed by atoms with Gasteiger partial charge in [0.15, 0.2) is 0 Å². The number of hydrogen-bond acceptors (Lipinski definition) is 2. The molecule has 5 heteroatoms. The number of rotatable bonds is 3. The van der Waals surface area contributed by atoms with Gasteiger partial charge in [-0.1, -0.05) is 6.92 Å². The fourth-order valence-electron chi connectivity index (χ4n) is 0.0791. The molecule has 0 spiro atoms. The molecule has 0 saturated heterocycles. The maximum atomic E-state index is 7.96. The van der Waals surface area contributed by atoms with Crippen LogP contribution in [0.3, 0.4) is 0 Å². The normalized spacial score (nSPS) is 9.75. The first kappa shape index (κ1) is 22.9. The van der Waals surface area contributed by atoms with Crippen LogP contribution >= 0.6 is 0 Å². The monoisotopic (exact) mass is 350 g/mol. The molecule has 0 aromatic heterocycles. The summed E-state index contributed by atoms with van der Waals surface area (Å²) in [4.78, 5) is 0. The van der Waals surface area contributed by atoms with Gasteiger partial charge in [-0.15, -0.1) is 12.6 Å². The Labute approximate surface area is 89.0 Å². The number of aliphatic hydroxyl groups is 2. The van der Waals surface area contributed by atoms with E-state index in [4.69, 9.17) is 21.7 Å². The minimum absolute atomic E-state index is 0. The van der Waals surface area contributed by atoms with Crippen molar-refractivity contribution in [3.05, 3.63) is 18.9 Å². The second-order valence-electron chi connectivity index (χ2n) is 1.91. The van der Waals surface area contributed by atoms with Crippen molar-refractivity contribution in [2.75, 3.05) is 19.8 Å². The SMILES string of the molecule is CC([NH-])CO.[CH3-].[NH-]CCCO.[Re]. The van der Waals surface area contributed by atoms with Crippen LogP contribution in [0.4, 0.5) is 0 Å². The molecule has 0 aliphatic heterocycles. The van der Waals surface area contributed by atoms with E-state index in [1.54, 1.807) is 6.92 Å². The predicted molar refractivity (Wildman–Crippen MR) is 48.2 cm³/mol. The van der Waals surface area contributed by atoms with Gasteiger partial charge in [0, 0.05) is 33.6 Å². The van der Waals surface area contributed by atoms with Crippen molar-refractivity contribution in [3.63, 3.8) is 0 Å². The van der Waals surface area contributed by atoms with Gasteiger partial charge in [-0.3, -0.25) is 0 Å². The van der Waals surface area contributed by atoms with E-state index in [2.05, 4.69) is 0 Å². The van der Waals surface area contributed by atoms with Gasteiger partial charge >= 0.3 is 0 Å². The van der Waals surface area contributed by atoms with Crippen LogP contribution in [-0.2, 0) is 20.4 Å². The first-order valence-corrected chi connectivity index (χ1v) is 3.26. The fourth-order valence-corrected chi connectivity index (χ4v) is 0.0791. The van der Waals surface area contributed by atoms with Gasteiger partial charge in [0.1, 0.15) is 0 Å². The maximum absolute atomic E-state index is 7.96. The molecular weight excluding hydrogens is 330 g/mol. The molecule has 0 heterocycles. The van der Waals surface area contributed by atoms with Crippen molar-refractivity contribution < 1.29 is 30.6 Å². The van der Waals surface area contributed by atoms with E-state index in [1.807, 2.05) is 0 Å². The van der Waals surface area contributed by atoms with Crippen molar-refractivity contribution in [2.24, 2.45) is 0 Å². The summed E-state index contributed by atoms with van der Waals surface area (Å²) in [6.07, 6.45) is 0.611. The maximum Gasteiger partial charge on any atom is 0.0414 e. The van der Waals surface area contributed by atoms with Gasteiger partial charge in [0.05, 0.1) is 0 Å². The van der Waals surface area contributed by atoms with E-state index in [-0.39, 0.29) is 47.1 Å². The third kappa shape index (κ3) is 46.8. The molecule has 0 fully saturated rings. The Hall–Kier alpha value is 0.502. The van der Waals surface area contributed by atoms with Crippen LogP contribution in [0.25, 0.3) is 11.5 Å². The van der Waals surface area contributed by atoms with Crippen molar-refractivity contribution in [3.8, 4) is 0 Å². The number of nitrogens with one attached hydrogen (secondary N) is 2. The van der Waals surface area contributed by atoms with Crippen molar-refractivity contribution in [2.45, 2.75) is 19.4 Å². The summed E-state index contributed by atoms with van der Waals surface area (Å²) in [6, 6.07) is -0.310. The molecule has 1 atom stereocenters. The Morgan fingerprint density at radius 2 is 1.67 bits per heavy atom. The average molecular weight is 349 g/mol. The molecule has 0 rings (SSSR count). The predicted octanol–water partition coefficient (Wildman–Crippen LogP) is 1.29. The van der Waals surface area contributed by atoms with E-state index < -0.39 is 0 Å². The van der Waals surface area contributed by atoms with E-state index in [1.165, 1.54) is 0 Å². The molecule has 79 valence electrons. The topological polar surface area (TPSA) is 88.1 Å². The molecule has 0 aliphatic carbocycles. The molecule has 12 heavy (non-hydrogen) atoms. The average Bonchev–Trinajstić information content (AvgIpc) is 1.91. The summed E-state index contributed by atoms with van der Waals surface area (Å²) >= 11 is 0. The molecule has 4 N–H and O–H groups in total. The molecule has 1 radical (unpaired) electrons. The van der Waals surface area contributed by atoms with Gasteiger partial charge in [0.25, 0.3) is 0 Å². The van der Waals surface area contributed by atoms with Crippen LogP contribution in [0.15, 0.2) is 0 Å². The minimum Gasteiger partial charge on any atom is -0.677 e. The van der Waals surface area contributed by atoms with Crippen LogP contribution in [0.1, 0.15) is 13.3 Å². The Kier molecular flexibility index (Phi) is 43.0. The van der Waals surface area contributed by atoms with Gasteiger partial charge in [-0.05, 0) is 6.42 Å². The molecule has 0 saturated carbocycles. The van der Waals surface area contributed by atoms with Gasteiger partial charge < -0.3 is 29.1 Å². The van der Waals surface area contributed by atoms with Crippen LogP contribution < -0.4 is 0 Å². The second kappa shape index (κ2) is 22.5. The minimum atomic E-state index is -0.310. The van der Waals surface area contributed by atoms with Gasteiger partial charge in [-0.25, -0.2) is 0 Å². The van der Waals surface area contributed by atoms with Crippen molar-refractivity contribution in [1.82, 2.24) is 0 Å². The molecular formula is C7H19N2O2Re-3. The second-order valence-corrected chi connectivity index (χ2v) is 1.91. The summed E-state index contributed by atoms with van der Waals surface area (Å²) in [5.41, 5.74) is 13.0. The van der Waals surface area contributed by atoms with Crippen molar-refractivity contribution in [1.29, 1.82) is 0 Å². The van der Waals surface area contributed by atoms with Crippen LogP contribution in [0.2, 0.25) is 0 Å². The number of aliphatic hydroxyl groups excluding tert-OH is 2. The van der Waals surface area contributed by atoms with Gasteiger partial charge in [0.2, 0.25) is 0 Å². The van der Waals surface area contributed by atoms with E-state index in [9.17, 15) is 0 Å².